The summed E-state index contributed by atoms with van der Waals surface area (Å²) in [5, 5.41) is 20.9. The zero-order valence-corrected chi connectivity index (χ0v) is 12.1. The monoisotopic (exact) mass is 293 g/mol. The molecule has 0 saturated heterocycles. The van der Waals surface area contributed by atoms with Crippen LogP contribution in [0.25, 0.3) is 0 Å². The van der Waals surface area contributed by atoms with Crippen LogP contribution < -0.4 is 5.73 Å². The summed E-state index contributed by atoms with van der Waals surface area (Å²) in [7, 11) is 0. The van der Waals surface area contributed by atoms with Gasteiger partial charge in [-0.05, 0) is 12.5 Å². The van der Waals surface area contributed by atoms with Crippen molar-refractivity contribution in [2.24, 2.45) is 11.7 Å². The molecule has 21 heavy (non-hydrogen) atoms. The van der Waals surface area contributed by atoms with Crippen molar-refractivity contribution in [3.63, 3.8) is 0 Å². The number of aromatic nitrogens is 6. The summed E-state index contributed by atoms with van der Waals surface area (Å²) in [6.07, 6.45) is 1.88. The third-order valence-electron chi connectivity index (χ3n) is 2.95. The molecule has 0 aliphatic heterocycles. The smallest absolute Gasteiger partial charge is 0.358 e. The van der Waals surface area contributed by atoms with Crippen molar-refractivity contribution in [3.8, 4) is 0 Å². The number of aromatic carboxylic acids is 1. The Bertz CT molecular complexity index is 617. The second-order valence-electron chi connectivity index (χ2n) is 5.14. The summed E-state index contributed by atoms with van der Waals surface area (Å²) >= 11 is 0. The van der Waals surface area contributed by atoms with Gasteiger partial charge in [0.1, 0.15) is 18.7 Å². The fraction of sp³-hybridized carbons (Fsp3) is 0.583. The molecule has 3 N–H and O–H groups in total. The van der Waals surface area contributed by atoms with E-state index < -0.39 is 5.97 Å². The fourth-order valence-electron chi connectivity index (χ4n) is 2.05. The van der Waals surface area contributed by atoms with Gasteiger partial charge in [0.2, 0.25) is 0 Å². The van der Waals surface area contributed by atoms with Crippen molar-refractivity contribution in [2.75, 3.05) is 6.54 Å². The van der Waals surface area contributed by atoms with Crippen molar-refractivity contribution in [1.82, 2.24) is 29.8 Å². The Morgan fingerprint density at radius 2 is 2.19 bits per heavy atom. The van der Waals surface area contributed by atoms with Crippen molar-refractivity contribution >= 4 is 5.97 Å². The largest absolute Gasteiger partial charge is 0.476 e. The van der Waals surface area contributed by atoms with Crippen molar-refractivity contribution < 1.29 is 9.90 Å². The van der Waals surface area contributed by atoms with E-state index in [4.69, 9.17) is 10.8 Å². The molecule has 2 aromatic rings. The number of carboxylic acids is 1. The molecule has 9 nitrogen and oxygen atoms in total. The standard InChI is InChI=1S/C12H19N7O2/c1-8(2)5-19-10(14-7-15-19)6-18-9(3-4-13)11(12(20)21)16-17-18/h7-8H,3-6,13H2,1-2H3,(H,20,21). The zero-order chi connectivity index (χ0) is 15.4. The lowest BCUT2D eigenvalue weighted by atomic mass is 10.2. The second-order valence-corrected chi connectivity index (χ2v) is 5.14. The molecule has 2 rings (SSSR count). The maximum Gasteiger partial charge on any atom is 0.358 e. The van der Waals surface area contributed by atoms with Crippen LogP contribution in [0.15, 0.2) is 6.33 Å². The van der Waals surface area contributed by atoms with E-state index in [-0.39, 0.29) is 5.69 Å². The Balaban J connectivity index is 2.27. The van der Waals surface area contributed by atoms with Crippen LogP contribution in [0.3, 0.4) is 0 Å². The quantitative estimate of drug-likeness (QED) is 0.722. The van der Waals surface area contributed by atoms with Gasteiger partial charge in [-0.15, -0.1) is 5.10 Å². The summed E-state index contributed by atoms with van der Waals surface area (Å²) in [6, 6.07) is 0. The highest BCUT2D eigenvalue weighted by molar-refractivity contribution is 5.86. The minimum absolute atomic E-state index is 0.0598. The van der Waals surface area contributed by atoms with Gasteiger partial charge in [-0.3, -0.25) is 0 Å². The minimum Gasteiger partial charge on any atom is -0.476 e. The Kier molecular flexibility index (Phi) is 4.63. The maximum absolute atomic E-state index is 11.1. The van der Waals surface area contributed by atoms with Gasteiger partial charge in [0.05, 0.1) is 5.69 Å². The topological polar surface area (TPSA) is 125 Å². The van der Waals surface area contributed by atoms with E-state index >= 15 is 0 Å². The molecule has 0 unspecified atom stereocenters. The number of hydrogen-bond acceptors (Lipinski definition) is 6. The molecule has 9 heteroatoms. The Labute approximate surface area is 121 Å². The number of carboxylic acid groups (broad SMARTS) is 1. The highest BCUT2D eigenvalue weighted by atomic mass is 16.4. The Morgan fingerprint density at radius 1 is 1.43 bits per heavy atom. The van der Waals surface area contributed by atoms with Gasteiger partial charge in [-0.2, -0.15) is 5.10 Å². The molecule has 2 heterocycles. The highest BCUT2D eigenvalue weighted by Gasteiger charge is 2.19. The molecule has 0 radical (unpaired) electrons. The van der Waals surface area contributed by atoms with E-state index in [0.717, 1.165) is 6.54 Å². The summed E-state index contributed by atoms with van der Waals surface area (Å²) in [4.78, 5) is 15.3. The first-order chi connectivity index (χ1) is 10.0. The van der Waals surface area contributed by atoms with Gasteiger partial charge in [-0.1, -0.05) is 19.1 Å². The molecule has 0 saturated carbocycles. The molecule has 0 atom stereocenters. The van der Waals surface area contributed by atoms with Gasteiger partial charge >= 0.3 is 5.97 Å². The summed E-state index contributed by atoms with van der Waals surface area (Å²) in [6.45, 7) is 5.56. The second kappa shape index (κ2) is 6.44. The van der Waals surface area contributed by atoms with Crippen molar-refractivity contribution in [2.45, 2.75) is 33.4 Å². The molecule has 0 fully saturated rings. The third kappa shape index (κ3) is 3.43. The molecular weight excluding hydrogens is 274 g/mol. The molecule has 114 valence electrons. The molecule has 0 aliphatic rings. The van der Waals surface area contributed by atoms with Crippen LogP contribution in [-0.4, -0.2) is 47.4 Å². The summed E-state index contributed by atoms with van der Waals surface area (Å²) in [5.41, 5.74) is 5.98. The van der Waals surface area contributed by atoms with Gasteiger partial charge in [0.25, 0.3) is 0 Å². The third-order valence-corrected chi connectivity index (χ3v) is 2.95. The van der Waals surface area contributed by atoms with Gasteiger partial charge in [-0.25, -0.2) is 19.1 Å². The first-order valence-corrected chi connectivity index (χ1v) is 6.75. The molecule has 0 spiro atoms. The Hall–Kier alpha value is -2.29. The van der Waals surface area contributed by atoms with Crippen LogP contribution >= 0.6 is 0 Å². The molecule has 0 amide bonds. The Morgan fingerprint density at radius 3 is 2.81 bits per heavy atom. The van der Waals surface area contributed by atoms with Crippen LogP contribution in [-0.2, 0) is 19.5 Å². The lowest BCUT2D eigenvalue weighted by Gasteiger charge is -2.09. The first-order valence-electron chi connectivity index (χ1n) is 6.75. The lowest BCUT2D eigenvalue weighted by molar-refractivity contribution is 0.0689. The minimum atomic E-state index is -1.10. The number of nitrogens with two attached hydrogens (primary N) is 1. The molecular formula is C12H19N7O2. The van der Waals surface area contributed by atoms with Crippen LogP contribution in [0.1, 0.15) is 35.9 Å². The molecule has 2 aromatic heterocycles. The van der Waals surface area contributed by atoms with E-state index in [1.165, 1.54) is 11.0 Å². The van der Waals surface area contributed by atoms with Crippen LogP contribution in [0.5, 0.6) is 0 Å². The molecule has 0 aliphatic carbocycles. The molecule has 0 bridgehead atoms. The van der Waals surface area contributed by atoms with Gasteiger partial charge in [0, 0.05) is 13.0 Å². The van der Waals surface area contributed by atoms with Crippen LogP contribution in [0.2, 0.25) is 0 Å². The van der Waals surface area contributed by atoms with E-state index in [1.807, 2.05) is 0 Å². The van der Waals surface area contributed by atoms with Gasteiger partial charge < -0.3 is 10.8 Å². The average Bonchev–Trinajstić information content (AvgIpc) is 2.98. The zero-order valence-electron chi connectivity index (χ0n) is 12.1. The normalized spacial score (nSPS) is 11.2. The molecule has 0 aromatic carbocycles. The van der Waals surface area contributed by atoms with Crippen LogP contribution in [0, 0.1) is 5.92 Å². The maximum atomic E-state index is 11.1. The van der Waals surface area contributed by atoms with Gasteiger partial charge in [0.15, 0.2) is 5.69 Å². The summed E-state index contributed by atoms with van der Waals surface area (Å²) in [5.74, 6) is 0.0384. The van der Waals surface area contributed by atoms with Crippen LogP contribution in [0.4, 0.5) is 0 Å². The lowest BCUT2D eigenvalue weighted by Crippen LogP contribution is -2.17. The number of nitrogens with zero attached hydrogens (tertiary/aromatic N) is 6. The highest BCUT2D eigenvalue weighted by Crippen LogP contribution is 2.09. The van der Waals surface area contributed by atoms with E-state index in [0.29, 0.717) is 36.9 Å². The SMILES string of the molecule is CC(C)Cn1ncnc1Cn1nnc(C(=O)O)c1CCN. The van der Waals surface area contributed by atoms with E-state index in [9.17, 15) is 4.79 Å². The number of carbonyl (C=O) groups is 1. The average molecular weight is 293 g/mol. The fourth-order valence-corrected chi connectivity index (χ4v) is 2.05. The van der Waals surface area contributed by atoms with E-state index in [2.05, 4.69) is 34.2 Å². The number of hydrogen-bond donors (Lipinski definition) is 2. The predicted molar refractivity (Wildman–Crippen MR) is 73.7 cm³/mol. The van der Waals surface area contributed by atoms with Crippen molar-refractivity contribution in [1.29, 1.82) is 0 Å². The first kappa shape index (κ1) is 15.1. The van der Waals surface area contributed by atoms with Crippen molar-refractivity contribution in [3.05, 3.63) is 23.5 Å². The number of rotatable bonds is 7. The predicted octanol–water partition coefficient (Wildman–Crippen LogP) is -0.227. The summed E-state index contributed by atoms with van der Waals surface area (Å²) < 4.78 is 3.32. The van der Waals surface area contributed by atoms with E-state index in [1.54, 1.807) is 4.68 Å².